The van der Waals surface area contributed by atoms with Crippen LogP contribution in [0.4, 0.5) is 11.4 Å². The highest BCUT2D eigenvalue weighted by Crippen LogP contribution is 2.27. The standard InChI is InChI=1S/C27H29N3O5S/c1-36(33,34)30(19-20-10-3-2-4-11-20)25-16-8-6-14-23(25)27(32)29-24-15-7-5-13-22(24)26(31)28-18-21-12-9-17-35-21/h2-8,10-11,13-16,21H,9,12,17-19H2,1H3,(H,28,31)(H,29,32)/t21-/m0/s1. The van der Waals surface area contributed by atoms with Crippen LogP contribution in [0.5, 0.6) is 0 Å². The molecule has 0 radical (unpaired) electrons. The Morgan fingerprint density at radius 2 is 1.58 bits per heavy atom. The third-order valence-corrected chi connectivity index (χ3v) is 7.05. The molecule has 8 nitrogen and oxygen atoms in total. The smallest absolute Gasteiger partial charge is 0.257 e. The van der Waals surface area contributed by atoms with Gasteiger partial charge in [-0.2, -0.15) is 0 Å². The molecule has 2 amide bonds. The molecule has 0 unspecified atom stereocenters. The summed E-state index contributed by atoms with van der Waals surface area (Å²) in [6, 6.07) is 22.4. The molecule has 1 saturated heterocycles. The number of hydrogen-bond donors (Lipinski definition) is 2. The van der Waals surface area contributed by atoms with Crippen LogP contribution in [0.15, 0.2) is 78.9 Å². The minimum atomic E-state index is -3.70. The number of amides is 2. The minimum absolute atomic E-state index is 0.00540. The molecule has 2 N–H and O–H groups in total. The zero-order valence-electron chi connectivity index (χ0n) is 20.0. The zero-order valence-corrected chi connectivity index (χ0v) is 20.8. The molecule has 1 fully saturated rings. The van der Waals surface area contributed by atoms with Gasteiger partial charge in [-0.15, -0.1) is 0 Å². The lowest BCUT2D eigenvalue weighted by molar-refractivity contribution is 0.0858. The molecule has 0 aromatic heterocycles. The maximum atomic E-state index is 13.4. The lowest BCUT2D eigenvalue weighted by atomic mass is 10.1. The monoisotopic (exact) mass is 507 g/mol. The van der Waals surface area contributed by atoms with Gasteiger partial charge in [-0.05, 0) is 42.7 Å². The number of ether oxygens (including phenoxy) is 1. The van der Waals surface area contributed by atoms with Crippen molar-refractivity contribution >= 4 is 33.2 Å². The van der Waals surface area contributed by atoms with Gasteiger partial charge in [0.25, 0.3) is 11.8 Å². The van der Waals surface area contributed by atoms with Crippen LogP contribution in [-0.2, 0) is 21.3 Å². The van der Waals surface area contributed by atoms with Crippen molar-refractivity contribution in [3.63, 3.8) is 0 Å². The van der Waals surface area contributed by atoms with Gasteiger partial charge in [-0.1, -0.05) is 54.6 Å². The Labute approximate surface area is 211 Å². The number of carbonyl (C=O) groups excluding carboxylic acids is 2. The Kier molecular flexibility index (Phi) is 8.02. The number of carbonyl (C=O) groups is 2. The lowest BCUT2D eigenvalue weighted by Crippen LogP contribution is -2.33. The molecule has 0 bridgehead atoms. The van der Waals surface area contributed by atoms with Crippen molar-refractivity contribution in [3.8, 4) is 0 Å². The normalized spacial score (nSPS) is 15.3. The molecule has 1 aliphatic rings. The molecule has 9 heteroatoms. The Hall–Kier alpha value is -3.69. The van der Waals surface area contributed by atoms with Crippen molar-refractivity contribution in [1.82, 2.24) is 5.32 Å². The van der Waals surface area contributed by atoms with Crippen molar-refractivity contribution in [2.75, 3.05) is 29.0 Å². The maximum Gasteiger partial charge on any atom is 0.257 e. The van der Waals surface area contributed by atoms with Gasteiger partial charge in [0, 0.05) is 13.2 Å². The second-order valence-electron chi connectivity index (χ2n) is 8.62. The van der Waals surface area contributed by atoms with E-state index in [0.29, 0.717) is 24.4 Å². The van der Waals surface area contributed by atoms with Crippen LogP contribution < -0.4 is 14.9 Å². The number of rotatable bonds is 9. The van der Waals surface area contributed by atoms with Gasteiger partial charge < -0.3 is 15.4 Å². The van der Waals surface area contributed by atoms with Crippen LogP contribution >= 0.6 is 0 Å². The van der Waals surface area contributed by atoms with E-state index in [9.17, 15) is 18.0 Å². The summed E-state index contributed by atoms with van der Waals surface area (Å²) in [7, 11) is -3.70. The summed E-state index contributed by atoms with van der Waals surface area (Å²) >= 11 is 0. The first-order valence-corrected chi connectivity index (χ1v) is 13.6. The zero-order chi connectivity index (χ0) is 25.5. The summed E-state index contributed by atoms with van der Waals surface area (Å²) in [6.45, 7) is 1.17. The van der Waals surface area contributed by atoms with E-state index in [4.69, 9.17) is 4.74 Å². The Balaban J connectivity index is 1.57. The first kappa shape index (κ1) is 25.4. The van der Waals surface area contributed by atoms with Gasteiger partial charge in [0.05, 0.1) is 41.4 Å². The maximum absolute atomic E-state index is 13.4. The molecular weight excluding hydrogens is 478 g/mol. The summed E-state index contributed by atoms with van der Waals surface area (Å²) < 4.78 is 32.2. The minimum Gasteiger partial charge on any atom is -0.376 e. The summed E-state index contributed by atoms with van der Waals surface area (Å²) in [5, 5.41) is 5.66. The molecule has 0 spiro atoms. The van der Waals surface area contributed by atoms with Crippen molar-refractivity contribution in [3.05, 3.63) is 95.6 Å². The number of nitrogens with one attached hydrogen (secondary N) is 2. The molecule has 4 rings (SSSR count). The van der Waals surface area contributed by atoms with Crippen LogP contribution in [0, 0.1) is 0 Å². The molecule has 0 aliphatic carbocycles. The Morgan fingerprint density at radius 1 is 0.917 bits per heavy atom. The van der Waals surface area contributed by atoms with E-state index >= 15 is 0 Å². The van der Waals surface area contributed by atoms with Crippen LogP contribution in [-0.4, -0.2) is 45.7 Å². The molecule has 3 aromatic carbocycles. The van der Waals surface area contributed by atoms with Gasteiger partial charge in [0.15, 0.2) is 0 Å². The number of nitrogens with zero attached hydrogens (tertiary/aromatic N) is 1. The SMILES string of the molecule is CS(=O)(=O)N(Cc1ccccc1)c1ccccc1C(=O)Nc1ccccc1C(=O)NC[C@@H]1CCCO1. The van der Waals surface area contributed by atoms with E-state index in [1.165, 1.54) is 4.31 Å². The van der Waals surface area contributed by atoms with Crippen molar-refractivity contribution in [1.29, 1.82) is 0 Å². The summed E-state index contributed by atoms with van der Waals surface area (Å²) in [4.78, 5) is 26.2. The molecule has 1 atom stereocenters. The second-order valence-corrected chi connectivity index (χ2v) is 10.5. The average molecular weight is 508 g/mol. The van der Waals surface area contributed by atoms with E-state index in [1.54, 1.807) is 48.5 Å². The van der Waals surface area contributed by atoms with Crippen molar-refractivity contribution in [2.45, 2.75) is 25.5 Å². The highest BCUT2D eigenvalue weighted by molar-refractivity contribution is 7.92. The van der Waals surface area contributed by atoms with Crippen molar-refractivity contribution < 1.29 is 22.7 Å². The fourth-order valence-electron chi connectivity index (χ4n) is 4.10. The molecule has 36 heavy (non-hydrogen) atoms. The number of para-hydroxylation sites is 2. The number of anilines is 2. The van der Waals surface area contributed by atoms with Crippen LogP contribution in [0.3, 0.4) is 0 Å². The largest absolute Gasteiger partial charge is 0.376 e. The van der Waals surface area contributed by atoms with E-state index < -0.39 is 15.9 Å². The lowest BCUT2D eigenvalue weighted by Gasteiger charge is -2.25. The highest BCUT2D eigenvalue weighted by Gasteiger charge is 2.24. The average Bonchev–Trinajstić information content (AvgIpc) is 3.40. The third kappa shape index (κ3) is 6.30. The second kappa shape index (κ2) is 11.4. The predicted molar refractivity (Wildman–Crippen MR) is 140 cm³/mol. The predicted octanol–water partition coefficient (Wildman–Crippen LogP) is 3.81. The van der Waals surface area contributed by atoms with Gasteiger partial charge in [-0.3, -0.25) is 13.9 Å². The highest BCUT2D eigenvalue weighted by atomic mass is 32.2. The molecule has 188 valence electrons. The Bertz CT molecular complexity index is 1320. The first-order valence-electron chi connectivity index (χ1n) is 11.7. The van der Waals surface area contributed by atoms with E-state index in [0.717, 1.165) is 24.7 Å². The third-order valence-electron chi connectivity index (χ3n) is 5.92. The van der Waals surface area contributed by atoms with Crippen molar-refractivity contribution in [2.24, 2.45) is 0 Å². The van der Waals surface area contributed by atoms with Gasteiger partial charge in [-0.25, -0.2) is 8.42 Å². The van der Waals surface area contributed by atoms with Gasteiger partial charge in [0.2, 0.25) is 10.0 Å². The summed E-state index contributed by atoms with van der Waals surface area (Å²) in [5.41, 5.74) is 1.85. The van der Waals surface area contributed by atoms with E-state index in [-0.39, 0.29) is 29.8 Å². The molecular formula is C27H29N3O5S. The molecule has 0 saturated carbocycles. The van der Waals surface area contributed by atoms with Gasteiger partial charge in [0.1, 0.15) is 0 Å². The number of sulfonamides is 1. The topological polar surface area (TPSA) is 105 Å². The Morgan fingerprint density at radius 3 is 2.28 bits per heavy atom. The molecule has 1 heterocycles. The van der Waals surface area contributed by atoms with Crippen LogP contribution in [0.1, 0.15) is 39.1 Å². The number of benzene rings is 3. The molecule has 3 aromatic rings. The fourth-order valence-corrected chi connectivity index (χ4v) is 5.00. The quantitative estimate of drug-likeness (QED) is 0.458. The van der Waals surface area contributed by atoms with Crippen LogP contribution in [0.2, 0.25) is 0 Å². The molecule has 1 aliphatic heterocycles. The summed E-state index contributed by atoms with van der Waals surface area (Å²) in [6.07, 6.45) is 2.98. The van der Waals surface area contributed by atoms with E-state index in [1.807, 2.05) is 30.3 Å². The van der Waals surface area contributed by atoms with Crippen LogP contribution in [0.25, 0.3) is 0 Å². The van der Waals surface area contributed by atoms with E-state index in [2.05, 4.69) is 10.6 Å². The number of hydrogen-bond acceptors (Lipinski definition) is 5. The first-order chi connectivity index (χ1) is 17.3. The fraction of sp³-hybridized carbons (Fsp3) is 0.259. The summed E-state index contributed by atoms with van der Waals surface area (Å²) in [5.74, 6) is -0.844. The van der Waals surface area contributed by atoms with Gasteiger partial charge >= 0.3 is 0 Å².